The Hall–Kier alpha value is -3.66. The first kappa shape index (κ1) is 27.4. The largest absolute Gasteiger partial charge is 0.466 e. The van der Waals surface area contributed by atoms with E-state index >= 15 is 0 Å². The molecule has 0 radical (unpaired) electrons. The van der Waals surface area contributed by atoms with Crippen molar-refractivity contribution in [2.24, 2.45) is 0 Å². The van der Waals surface area contributed by atoms with E-state index in [0.29, 0.717) is 5.56 Å². The molecule has 0 saturated carbocycles. The lowest BCUT2D eigenvalue weighted by atomic mass is 9.90. The minimum Gasteiger partial charge on any atom is -0.466 e. The second-order valence-electron chi connectivity index (χ2n) is 10.6. The number of imide groups is 1. The predicted octanol–water partition coefficient (Wildman–Crippen LogP) is 4.19. The van der Waals surface area contributed by atoms with Crippen LogP contribution >= 0.6 is 0 Å². The third-order valence-corrected chi connectivity index (χ3v) is 8.41. The van der Waals surface area contributed by atoms with Gasteiger partial charge >= 0.3 is 12.1 Å². The van der Waals surface area contributed by atoms with Gasteiger partial charge in [-0.2, -0.15) is 0 Å². The Balaban J connectivity index is 1.96. The van der Waals surface area contributed by atoms with Crippen LogP contribution in [0.1, 0.15) is 50.3 Å². The number of rotatable bonds is 4. The van der Waals surface area contributed by atoms with Gasteiger partial charge in [-0.3, -0.25) is 9.10 Å². The van der Waals surface area contributed by atoms with Crippen LogP contribution in [0.4, 0.5) is 4.79 Å². The lowest BCUT2D eigenvalue weighted by Gasteiger charge is -2.41. The van der Waals surface area contributed by atoms with Crippen LogP contribution in [0.15, 0.2) is 59.0 Å². The molecule has 2 atom stereocenters. The Bertz CT molecular complexity index is 1400. The molecule has 0 aromatic heterocycles. The van der Waals surface area contributed by atoms with Crippen molar-refractivity contribution in [1.82, 2.24) is 9.21 Å². The number of esters is 1. The molecule has 0 unspecified atom stereocenters. The molecule has 202 valence electrons. The van der Waals surface area contributed by atoms with E-state index in [1.807, 2.05) is 26.0 Å². The average molecular weight is 541 g/mol. The number of amides is 2. The zero-order valence-corrected chi connectivity index (χ0v) is 23.2. The second kappa shape index (κ2) is 9.90. The summed E-state index contributed by atoms with van der Waals surface area (Å²) in [7, 11) is -3.08. The predicted molar refractivity (Wildman–Crippen MR) is 140 cm³/mol. The lowest BCUT2D eigenvalue weighted by Crippen LogP contribution is -2.53. The van der Waals surface area contributed by atoms with Gasteiger partial charge in [-0.25, -0.2) is 22.9 Å². The van der Waals surface area contributed by atoms with Crippen LogP contribution < -0.4 is 0 Å². The Morgan fingerprint density at radius 2 is 1.45 bits per heavy atom. The van der Waals surface area contributed by atoms with Crippen molar-refractivity contribution in [1.29, 1.82) is 0 Å². The zero-order chi connectivity index (χ0) is 28.0. The molecule has 2 amide bonds. The van der Waals surface area contributed by atoms with E-state index in [1.165, 1.54) is 19.2 Å². The van der Waals surface area contributed by atoms with Crippen LogP contribution in [0.5, 0.6) is 0 Å². The minimum absolute atomic E-state index is 0.000689. The highest BCUT2D eigenvalue weighted by atomic mass is 32.2. The first-order valence-corrected chi connectivity index (χ1v) is 13.7. The molecule has 2 aromatic rings. The Morgan fingerprint density at radius 1 is 0.895 bits per heavy atom. The number of benzene rings is 2. The number of nitrogens with zero attached hydrogens (tertiary/aromatic N) is 2. The summed E-state index contributed by atoms with van der Waals surface area (Å²) in [5, 5.41) is 0. The summed E-state index contributed by atoms with van der Waals surface area (Å²) in [4.78, 5) is 40.4. The van der Waals surface area contributed by atoms with E-state index < -0.39 is 45.7 Å². The van der Waals surface area contributed by atoms with Crippen molar-refractivity contribution in [3.05, 3.63) is 70.8 Å². The molecule has 1 saturated heterocycles. The molecule has 2 aliphatic heterocycles. The molecule has 10 heteroatoms. The summed E-state index contributed by atoms with van der Waals surface area (Å²) in [6.45, 7) is 8.76. The van der Waals surface area contributed by atoms with Crippen molar-refractivity contribution in [2.45, 2.75) is 70.0 Å². The molecule has 4 rings (SSSR count). The van der Waals surface area contributed by atoms with Crippen LogP contribution in [0.25, 0.3) is 5.70 Å². The molecule has 1 fully saturated rings. The maximum absolute atomic E-state index is 14.3. The number of fused-ring (bicyclic) bond motifs is 1. The van der Waals surface area contributed by atoms with E-state index in [1.54, 1.807) is 45.0 Å². The summed E-state index contributed by atoms with van der Waals surface area (Å²) in [6.07, 6.45) is -1.21. The fourth-order valence-electron chi connectivity index (χ4n) is 4.83. The maximum Gasteiger partial charge on any atom is 0.417 e. The number of hydrogen-bond donors (Lipinski definition) is 0. The molecule has 0 N–H and O–H groups in total. The van der Waals surface area contributed by atoms with E-state index in [4.69, 9.17) is 9.47 Å². The third kappa shape index (κ3) is 5.05. The van der Waals surface area contributed by atoms with Gasteiger partial charge in [0, 0.05) is 6.42 Å². The van der Waals surface area contributed by atoms with Crippen molar-refractivity contribution >= 4 is 33.7 Å². The van der Waals surface area contributed by atoms with Crippen LogP contribution in [-0.2, 0) is 29.1 Å². The maximum atomic E-state index is 14.3. The highest BCUT2D eigenvalue weighted by Gasteiger charge is 2.55. The smallest absolute Gasteiger partial charge is 0.417 e. The zero-order valence-electron chi connectivity index (χ0n) is 22.3. The fourth-order valence-corrected chi connectivity index (χ4v) is 6.56. The van der Waals surface area contributed by atoms with Gasteiger partial charge in [0.15, 0.2) is 0 Å². The molecular weight excluding hydrogens is 508 g/mol. The first-order chi connectivity index (χ1) is 17.7. The number of likely N-dealkylation sites (tertiary alicyclic amines) is 1. The number of methoxy groups -OCH3 is 1. The summed E-state index contributed by atoms with van der Waals surface area (Å²) in [5.41, 5.74) is 1.61. The normalized spacial score (nSPS) is 19.9. The van der Waals surface area contributed by atoms with E-state index in [-0.39, 0.29) is 29.0 Å². The first-order valence-electron chi connectivity index (χ1n) is 12.3. The molecule has 2 aliphatic rings. The van der Waals surface area contributed by atoms with Gasteiger partial charge in [0.05, 0.1) is 41.8 Å². The number of carbonyl (C=O) groups excluding carboxylic acids is 3. The van der Waals surface area contributed by atoms with Crippen LogP contribution in [-0.4, -0.2) is 60.4 Å². The topological polar surface area (TPSA) is 110 Å². The van der Waals surface area contributed by atoms with Crippen LogP contribution in [0.2, 0.25) is 0 Å². The van der Waals surface area contributed by atoms with Gasteiger partial charge in [-0.15, -0.1) is 0 Å². The monoisotopic (exact) mass is 540 g/mol. The standard InChI is InChI=1S/C28H32N2O7S/c1-17-7-11-19(12-8-17)25-21(26(32)36-6)15-22-23(16-24(31)29(22)27(33)37-28(3,4)5)30(25)38(34,35)20-13-9-18(2)10-14-20/h7-14,22-23H,15-16H2,1-6H3/t22-,23-/m1/s1. The molecule has 2 aromatic carbocycles. The SMILES string of the molecule is COC(=O)C1=C(c2ccc(C)cc2)N(S(=O)(=O)c2ccc(C)cc2)[C@@H]2CC(=O)N(C(=O)OC(C)(C)C)[C@@H]2C1. The molecule has 0 aliphatic carbocycles. The van der Waals surface area contributed by atoms with Crippen molar-refractivity contribution in [3.8, 4) is 0 Å². The molecule has 0 spiro atoms. The van der Waals surface area contributed by atoms with E-state index in [0.717, 1.165) is 20.3 Å². The molecule has 38 heavy (non-hydrogen) atoms. The number of ether oxygens (including phenoxy) is 2. The van der Waals surface area contributed by atoms with E-state index in [2.05, 4.69) is 0 Å². The quantitative estimate of drug-likeness (QED) is 0.535. The number of carbonyl (C=O) groups is 3. The highest BCUT2D eigenvalue weighted by molar-refractivity contribution is 7.89. The van der Waals surface area contributed by atoms with E-state index in [9.17, 15) is 22.8 Å². The number of hydrogen-bond acceptors (Lipinski definition) is 7. The number of sulfonamides is 1. The van der Waals surface area contributed by atoms with Gasteiger partial charge in [0.25, 0.3) is 10.0 Å². The van der Waals surface area contributed by atoms with Crippen LogP contribution in [0.3, 0.4) is 0 Å². The van der Waals surface area contributed by atoms with Gasteiger partial charge in [0.2, 0.25) is 5.91 Å². The molecule has 2 heterocycles. The fraction of sp³-hybridized carbons (Fsp3) is 0.393. The highest BCUT2D eigenvalue weighted by Crippen LogP contribution is 2.44. The Labute approximate surface area is 223 Å². The summed E-state index contributed by atoms with van der Waals surface area (Å²) in [5.74, 6) is -1.32. The van der Waals surface area contributed by atoms with Crippen LogP contribution in [0, 0.1) is 13.8 Å². The third-order valence-electron chi connectivity index (χ3n) is 6.57. The molecule has 0 bridgehead atoms. The molecule has 9 nitrogen and oxygen atoms in total. The minimum atomic E-state index is -4.29. The van der Waals surface area contributed by atoms with Crippen molar-refractivity contribution in [3.63, 3.8) is 0 Å². The average Bonchev–Trinajstić information content (AvgIpc) is 3.17. The van der Waals surface area contributed by atoms with Crippen molar-refractivity contribution < 1.29 is 32.3 Å². The summed E-state index contributed by atoms with van der Waals surface area (Å²) < 4.78 is 40.2. The van der Waals surface area contributed by atoms with Gasteiger partial charge in [-0.05, 0) is 52.3 Å². The van der Waals surface area contributed by atoms with Gasteiger partial charge < -0.3 is 9.47 Å². The lowest BCUT2D eigenvalue weighted by molar-refractivity contribution is -0.137. The summed E-state index contributed by atoms with van der Waals surface area (Å²) in [6, 6.07) is 11.5. The second-order valence-corrected chi connectivity index (χ2v) is 12.4. The Kier molecular flexibility index (Phi) is 7.13. The number of aryl methyl sites for hydroxylation is 2. The summed E-state index contributed by atoms with van der Waals surface area (Å²) >= 11 is 0. The van der Waals surface area contributed by atoms with Gasteiger partial charge in [0.1, 0.15) is 5.60 Å². The van der Waals surface area contributed by atoms with Crippen molar-refractivity contribution in [2.75, 3.05) is 7.11 Å². The Morgan fingerprint density at radius 3 is 1.97 bits per heavy atom. The van der Waals surface area contributed by atoms with Gasteiger partial charge in [-0.1, -0.05) is 47.5 Å². The molecular formula is C28H32N2O7S.